The summed E-state index contributed by atoms with van der Waals surface area (Å²) in [4.78, 5) is 22.8. The van der Waals surface area contributed by atoms with E-state index in [0.717, 1.165) is 35.5 Å². The number of rotatable bonds is 2. The second-order valence-electron chi connectivity index (χ2n) is 6.99. The molecule has 0 amide bonds. The van der Waals surface area contributed by atoms with E-state index in [0.29, 0.717) is 0 Å². The van der Waals surface area contributed by atoms with Gasteiger partial charge in [-0.1, -0.05) is 47.0 Å². The van der Waals surface area contributed by atoms with E-state index in [1.54, 1.807) is 12.1 Å². The molecule has 4 aromatic rings. The van der Waals surface area contributed by atoms with E-state index in [1.165, 1.54) is 34.2 Å². The van der Waals surface area contributed by atoms with Gasteiger partial charge in [-0.2, -0.15) is 0 Å². The van der Waals surface area contributed by atoms with Gasteiger partial charge in [-0.15, -0.1) is 23.3 Å². The van der Waals surface area contributed by atoms with E-state index in [4.69, 9.17) is 5.11 Å². The van der Waals surface area contributed by atoms with Crippen molar-refractivity contribution in [3.8, 4) is 11.3 Å². The molecule has 0 fully saturated rings. The van der Waals surface area contributed by atoms with Crippen LogP contribution in [-0.2, 0) is 32.9 Å². The van der Waals surface area contributed by atoms with Crippen molar-refractivity contribution in [3.05, 3.63) is 89.1 Å². The van der Waals surface area contributed by atoms with Gasteiger partial charge < -0.3 is 10.1 Å². The van der Waals surface area contributed by atoms with E-state index < -0.39 is 5.97 Å². The Bertz CT molecular complexity index is 1200. The first-order valence-corrected chi connectivity index (χ1v) is 9.44. The smallest absolute Gasteiger partial charge is 0.354 e. The van der Waals surface area contributed by atoms with Gasteiger partial charge in [0.25, 0.3) is 0 Å². The van der Waals surface area contributed by atoms with E-state index >= 15 is 0 Å². The summed E-state index contributed by atoms with van der Waals surface area (Å²) in [6, 6.07) is 16.9. The average molecular weight is 575 g/mol. The second-order valence-corrected chi connectivity index (χ2v) is 6.99. The maximum Gasteiger partial charge on any atom is 0.354 e. The first-order chi connectivity index (χ1) is 14.0. The van der Waals surface area contributed by atoms with Crippen LogP contribution >= 0.6 is 0 Å². The minimum absolute atomic E-state index is 0. The van der Waals surface area contributed by atoms with Gasteiger partial charge >= 0.3 is 5.97 Å². The van der Waals surface area contributed by atoms with Gasteiger partial charge in [-0.3, -0.25) is 4.98 Å². The fraction of sp³-hybridized carbons (Fsp3) is 0.167. The van der Waals surface area contributed by atoms with Gasteiger partial charge in [0.2, 0.25) is 0 Å². The van der Waals surface area contributed by atoms with Crippen LogP contribution in [0, 0.1) is 19.9 Å². The topological polar surface area (TPSA) is 76.0 Å². The number of carbonyl (C=O) groups is 1. The Hall–Kier alpha value is -2.95. The molecule has 1 aliphatic carbocycles. The van der Waals surface area contributed by atoms with E-state index in [9.17, 15) is 4.79 Å². The number of aromatic carboxylic acids is 1. The molecular formula is C24H20IrN3O2-. The van der Waals surface area contributed by atoms with Crippen molar-refractivity contribution in [2.45, 2.75) is 26.7 Å². The number of aryl methyl sites for hydroxylation is 4. The first kappa shape index (κ1) is 21.8. The molecule has 2 aromatic carbocycles. The van der Waals surface area contributed by atoms with Crippen molar-refractivity contribution >= 4 is 16.7 Å². The van der Waals surface area contributed by atoms with E-state index in [2.05, 4.69) is 45.3 Å². The van der Waals surface area contributed by atoms with Crippen LogP contribution in [0.15, 0.2) is 54.9 Å². The fourth-order valence-corrected chi connectivity index (χ4v) is 3.70. The fourth-order valence-electron chi connectivity index (χ4n) is 3.70. The molecule has 0 unspecified atom stereocenters. The monoisotopic (exact) mass is 575 g/mol. The van der Waals surface area contributed by atoms with Gasteiger partial charge in [-0.25, -0.2) is 9.78 Å². The van der Waals surface area contributed by atoms with Gasteiger partial charge in [0, 0.05) is 43.9 Å². The van der Waals surface area contributed by atoms with Crippen LogP contribution in [-0.4, -0.2) is 26.0 Å². The Morgan fingerprint density at radius 2 is 1.83 bits per heavy atom. The minimum atomic E-state index is -0.990. The van der Waals surface area contributed by atoms with Crippen molar-refractivity contribution in [1.82, 2.24) is 15.0 Å². The molecule has 6 heteroatoms. The Labute approximate surface area is 188 Å². The molecule has 0 atom stereocenters. The third-order valence-corrected chi connectivity index (χ3v) is 4.98. The van der Waals surface area contributed by atoms with E-state index in [1.807, 2.05) is 20.0 Å². The predicted octanol–water partition coefficient (Wildman–Crippen LogP) is 4.59. The molecule has 0 spiro atoms. The largest absolute Gasteiger partial charge is 0.477 e. The Balaban J connectivity index is 0.000000218. The third-order valence-electron chi connectivity index (χ3n) is 4.98. The molecular weight excluding hydrogens is 555 g/mol. The van der Waals surface area contributed by atoms with Gasteiger partial charge in [0.05, 0.1) is 5.69 Å². The van der Waals surface area contributed by atoms with Gasteiger partial charge in [-0.05, 0) is 32.4 Å². The van der Waals surface area contributed by atoms with Gasteiger partial charge in [0.1, 0.15) is 5.69 Å². The van der Waals surface area contributed by atoms with Crippen molar-refractivity contribution in [2.75, 3.05) is 0 Å². The quantitative estimate of drug-likeness (QED) is 0.355. The summed E-state index contributed by atoms with van der Waals surface area (Å²) in [7, 11) is 0. The molecule has 153 valence electrons. The van der Waals surface area contributed by atoms with Crippen LogP contribution in [0.4, 0.5) is 0 Å². The summed E-state index contributed by atoms with van der Waals surface area (Å²) in [5.41, 5.74) is 6.90. The minimum Gasteiger partial charge on any atom is -0.477 e. The first-order valence-electron chi connectivity index (χ1n) is 9.44. The van der Waals surface area contributed by atoms with Crippen LogP contribution in [0.25, 0.3) is 22.0 Å². The molecule has 0 saturated carbocycles. The van der Waals surface area contributed by atoms with Crippen molar-refractivity contribution in [2.24, 2.45) is 0 Å². The SMILES string of the molecule is Cc1cnc(-c2[c-]cc3c4c(cccc24)CC3)c(C)n1.O=C(O)c1ccccn1.[Ir]. The molecule has 1 N–H and O–H groups in total. The molecule has 1 aliphatic rings. The zero-order valence-corrected chi connectivity index (χ0v) is 19.0. The number of aromatic nitrogens is 3. The summed E-state index contributed by atoms with van der Waals surface area (Å²) in [5, 5.41) is 11.0. The number of hydrogen-bond acceptors (Lipinski definition) is 4. The molecule has 5 rings (SSSR count). The predicted molar refractivity (Wildman–Crippen MR) is 112 cm³/mol. The normalized spacial score (nSPS) is 11.4. The summed E-state index contributed by atoms with van der Waals surface area (Å²) >= 11 is 0. The molecule has 2 heterocycles. The van der Waals surface area contributed by atoms with E-state index in [-0.39, 0.29) is 25.8 Å². The Kier molecular flexibility index (Phi) is 6.70. The van der Waals surface area contributed by atoms with Crippen LogP contribution in [0.1, 0.15) is 33.0 Å². The summed E-state index contributed by atoms with van der Waals surface area (Å²) < 4.78 is 0. The molecule has 0 aliphatic heterocycles. The number of pyridine rings is 1. The zero-order chi connectivity index (χ0) is 20.4. The average Bonchev–Trinajstić information content (AvgIpc) is 3.15. The third kappa shape index (κ3) is 4.30. The molecule has 2 aromatic heterocycles. The van der Waals surface area contributed by atoms with Crippen LogP contribution < -0.4 is 0 Å². The number of nitrogens with zero attached hydrogens (tertiary/aromatic N) is 3. The zero-order valence-electron chi connectivity index (χ0n) is 16.6. The van der Waals surface area contributed by atoms with Gasteiger partial charge in [0.15, 0.2) is 0 Å². The van der Waals surface area contributed by atoms with Crippen LogP contribution in [0.5, 0.6) is 0 Å². The van der Waals surface area contributed by atoms with Crippen molar-refractivity contribution < 1.29 is 30.0 Å². The molecule has 0 bridgehead atoms. The maximum atomic E-state index is 10.1. The molecule has 0 saturated heterocycles. The number of benzene rings is 2. The van der Waals surface area contributed by atoms with Crippen LogP contribution in [0.2, 0.25) is 0 Å². The summed E-state index contributed by atoms with van der Waals surface area (Å²) in [6.07, 6.45) is 5.55. The Morgan fingerprint density at radius 3 is 2.50 bits per heavy atom. The Morgan fingerprint density at radius 1 is 1.03 bits per heavy atom. The van der Waals surface area contributed by atoms with Crippen molar-refractivity contribution in [1.29, 1.82) is 0 Å². The van der Waals surface area contributed by atoms with Crippen molar-refractivity contribution in [3.63, 3.8) is 0 Å². The molecule has 30 heavy (non-hydrogen) atoms. The number of carboxylic acids is 1. The standard InChI is InChI=1S/C18H15N2.C6H5NO2.Ir/c1-11-10-19-18(12(2)20-11)16-9-8-14-7-6-13-4-3-5-15(16)17(13)14;8-6(9)5-3-1-2-4-7-5;/h3-5,8,10H,6-7H2,1-2H3;1-4H,(H,8,9);/q-1;;. The molecule has 1 radical (unpaired) electrons. The maximum absolute atomic E-state index is 10.1. The number of hydrogen-bond donors (Lipinski definition) is 1. The summed E-state index contributed by atoms with van der Waals surface area (Å²) in [6.45, 7) is 3.99. The second kappa shape index (κ2) is 9.24. The van der Waals surface area contributed by atoms with Crippen LogP contribution in [0.3, 0.4) is 0 Å². The summed E-state index contributed by atoms with van der Waals surface area (Å²) in [5.74, 6) is -0.990. The number of carboxylic acid groups (broad SMARTS) is 1. The molecule has 5 nitrogen and oxygen atoms in total.